The van der Waals surface area contributed by atoms with Crippen LogP contribution in [0, 0.1) is 5.92 Å². The fourth-order valence-electron chi connectivity index (χ4n) is 7.00. The summed E-state index contributed by atoms with van der Waals surface area (Å²) in [4.78, 5) is 2.36. The number of allylic oxidation sites excluding steroid dienone is 5. The predicted molar refractivity (Wildman–Crippen MR) is 207 cm³/mol. The average Bonchev–Trinajstić information content (AvgIpc) is 3.16. The minimum absolute atomic E-state index is 0.439. The van der Waals surface area contributed by atoms with Crippen molar-refractivity contribution in [1.29, 1.82) is 0 Å². The molecule has 0 heterocycles. The van der Waals surface area contributed by atoms with Crippen molar-refractivity contribution in [3.63, 3.8) is 0 Å². The van der Waals surface area contributed by atoms with Gasteiger partial charge in [0.1, 0.15) is 0 Å². The molecule has 0 fully saturated rings. The van der Waals surface area contributed by atoms with E-state index in [1.807, 2.05) is 0 Å². The summed E-state index contributed by atoms with van der Waals surface area (Å²) in [7, 11) is 0. The van der Waals surface area contributed by atoms with Gasteiger partial charge in [0.05, 0.1) is 5.69 Å². The van der Waals surface area contributed by atoms with Crippen LogP contribution in [0.1, 0.15) is 29.5 Å². The summed E-state index contributed by atoms with van der Waals surface area (Å²) < 4.78 is 0. The Morgan fingerprint density at radius 1 is 0.562 bits per heavy atom. The van der Waals surface area contributed by atoms with Gasteiger partial charge in [0.15, 0.2) is 0 Å². The van der Waals surface area contributed by atoms with Crippen molar-refractivity contribution in [2.75, 3.05) is 4.90 Å². The lowest BCUT2D eigenvalue weighted by Crippen LogP contribution is -2.10. The maximum Gasteiger partial charge on any atom is 0.0540 e. The molecular weight excluding hydrogens is 579 g/mol. The van der Waals surface area contributed by atoms with E-state index in [0.29, 0.717) is 5.92 Å². The van der Waals surface area contributed by atoms with Gasteiger partial charge >= 0.3 is 0 Å². The van der Waals surface area contributed by atoms with E-state index in [4.69, 9.17) is 0 Å². The highest BCUT2D eigenvalue weighted by atomic mass is 15.1. The Morgan fingerprint density at radius 2 is 1.17 bits per heavy atom. The Morgan fingerprint density at radius 3 is 1.90 bits per heavy atom. The van der Waals surface area contributed by atoms with Crippen molar-refractivity contribution < 1.29 is 0 Å². The highest BCUT2D eigenvalue weighted by molar-refractivity contribution is 5.99. The summed E-state index contributed by atoms with van der Waals surface area (Å²) in [5.74, 6) is 0.439. The summed E-state index contributed by atoms with van der Waals surface area (Å²) in [5.41, 5.74) is 9.93. The molecule has 0 saturated carbocycles. The van der Waals surface area contributed by atoms with Gasteiger partial charge in [-0.15, -0.1) is 0 Å². The normalized spacial score (nSPS) is 14.6. The van der Waals surface area contributed by atoms with Gasteiger partial charge in [0, 0.05) is 16.8 Å². The first-order valence-corrected chi connectivity index (χ1v) is 16.9. The SMILES string of the molecule is C1=CC(C/C(=C/c2cccc3ccccc23)c2ccccc2)CC=C1c1ccc(N(c2ccccc2)c2cccc3ccccc23)cc1. The second kappa shape index (κ2) is 13.4. The minimum atomic E-state index is 0.439. The number of rotatable bonds is 8. The van der Waals surface area contributed by atoms with Gasteiger partial charge in [0.25, 0.3) is 0 Å². The molecule has 0 amide bonds. The number of anilines is 3. The molecule has 7 aromatic rings. The first-order chi connectivity index (χ1) is 23.8. The van der Waals surface area contributed by atoms with Crippen LogP contribution in [-0.4, -0.2) is 0 Å². The Kier molecular flexibility index (Phi) is 8.25. The third kappa shape index (κ3) is 6.11. The van der Waals surface area contributed by atoms with Crippen LogP contribution in [0.25, 0.3) is 38.8 Å². The zero-order valence-electron chi connectivity index (χ0n) is 26.9. The van der Waals surface area contributed by atoms with E-state index in [1.165, 1.54) is 55.1 Å². The zero-order valence-corrected chi connectivity index (χ0v) is 26.9. The Labute approximate surface area is 283 Å². The number of hydrogen-bond donors (Lipinski definition) is 0. The number of benzene rings is 7. The third-order valence-corrected chi connectivity index (χ3v) is 9.45. The first-order valence-electron chi connectivity index (χ1n) is 16.9. The predicted octanol–water partition coefficient (Wildman–Crippen LogP) is 13.1. The standard InChI is InChI=1S/C47H37N/c1-3-13-36(14-4-1)42(34-41-19-11-17-39-15-7-9-22-45(39)41)33-35-25-27-37(28-26-35)38-29-31-44(32-30-38)48(43-20-5-2-6-21-43)47-24-12-18-40-16-8-10-23-46(40)47/h1-25,27-32,34-35H,26,33H2/b42-34-. The van der Waals surface area contributed by atoms with Gasteiger partial charge in [-0.2, -0.15) is 0 Å². The quantitative estimate of drug-likeness (QED) is 0.154. The fraction of sp³-hybridized carbons (Fsp3) is 0.0638. The smallest absolute Gasteiger partial charge is 0.0540 e. The molecule has 0 aromatic heterocycles. The molecule has 0 spiro atoms. The van der Waals surface area contributed by atoms with E-state index < -0.39 is 0 Å². The summed E-state index contributed by atoms with van der Waals surface area (Å²) in [6, 6.07) is 61.0. The molecule has 1 nitrogen and oxygen atoms in total. The molecule has 1 unspecified atom stereocenters. The van der Waals surface area contributed by atoms with Crippen molar-refractivity contribution in [2.24, 2.45) is 5.92 Å². The highest BCUT2D eigenvalue weighted by Gasteiger charge is 2.17. The first kappa shape index (κ1) is 29.5. The number of hydrogen-bond acceptors (Lipinski definition) is 1. The average molecular weight is 616 g/mol. The Balaban J connectivity index is 1.05. The third-order valence-electron chi connectivity index (χ3n) is 9.45. The maximum atomic E-state index is 2.42. The zero-order chi connectivity index (χ0) is 32.1. The van der Waals surface area contributed by atoms with Gasteiger partial charge in [-0.05, 0) is 93.1 Å². The number of fused-ring (bicyclic) bond motifs is 2. The van der Waals surface area contributed by atoms with E-state index in [9.17, 15) is 0 Å². The van der Waals surface area contributed by atoms with Crippen LogP contribution in [0.4, 0.5) is 17.1 Å². The van der Waals surface area contributed by atoms with E-state index in [1.54, 1.807) is 0 Å². The Bertz CT molecular complexity index is 2260. The molecule has 0 radical (unpaired) electrons. The second-order valence-electron chi connectivity index (χ2n) is 12.5. The minimum Gasteiger partial charge on any atom is -0.310 e. The molecule has 230 valence electrons. The van der Waals surface area contributed by atoms with Crippen LogP contribution >= 0.6 is 0 Å². The monoisotopic (exact) mass is 615 g/mol. The van der Waals surface area contributed by atoms with Crippen LogP contribution in [0.5, 0.6) is 0 Å². The summed E-state index contributed by atoms with van der Waals surface area (Å²) in [6.07, 6.45) is 11.6. The van der Waals surface area contributed by atoms with Crippen molar-refractivity contribution >= 4 is 55.8 Å². The molecule has 48 heavy (non-hydrogen) atoms. The molecule has 1 atom stereocenters. The molecule has 8 rings (SSSR count). The molecule has 1 aliphatic carbocycles. The highest BCUT2D eigenvalue weighted by Crippen LogP contribution is 2.40. The van der Waals surface area contributed by atoms with Crippen LogP contribution < -0.4 is 4.90 Å². The molecule has 0 bridgehead atoms. The van der Waals surface area contributed by atoms with Crippen molar-refractivity contribution in [2.45, 2.75) is 12.8 Å². The number of nitrogens with zero attached hydrogens (tertiary/aromatic N) is 1. The van der Waals surface area contributed by atoms with Gasteiger partial charge < -0.3 is 4.90 Å². The van der Waals surface area contributed by atoms with Crippen LogP contribution in [-0.2, 0) is 0 Å². The van der Waals surface area contributed by atoms with E-state index >= 15 is 0 Å². The molecule has 1 aliphatic rings. The van der Waals surface area contributed by atoms with Crippen LogP contribution in [0.2, 0.25) is 0 Å². The summed E-state index contributed by atoms with van der Waals surface area (Å²) in [5, 5.41) is 5.05. The number of para-hydroxylation sites is 1. The molecule has 0 N–H and O–H groups in total. The maximum absolute atomic E-state index is 2.42. The van der Waals surface area contributed by atoms with Gasteiger partial charge in [-0.1, -0.05) is 164 Å². The lowest BCUT2D eigenvalue weighted by atomic mass is 9.86. The van der Waals surface area contributed by atoms with E-state index in [0.717, 1.165) is 24.2 Å². The van der Waals surface area contributed by atoms with Crippen molar-refractivity contribution in [3.05, 3.63) is 205 Å². The van der Waals surface area contributed by atoms with E-state index in [-0.39, 0.29) is 0 Å². The van der Waals surface area contributed by atoms with Crippen LogP contribution in [0.3, 0.4) is 0 Å². The second-order valence-corrected chi connectivity index (χ2v) is 12.5. The topological polar surface area (TPSA) is 3.24 Å². The summed E-state index contributed by atoms with van der Waals surface area (Å²) in [6.45, 7) is 0. The fourth-order valence-corrected chi connectivity index (χ4v) is 7.00. The largest absolute Gasteiger partial charge is 0.310 e. The Hall–Kier alpha value is -5.92. The van der Waals surface area contributed by atoms with Gasteiger partial charge in [-0.3, -0.25) is 0 Å². The lowest BCUT2D eigenvalue weighted by molar-refractivity contribution is 0.681. The molecule has 7 aromatic carbocycles. The van der Waals surface area contributed by atoms with Crippen molar-refractivity contribution in [1.82, 2.24) is 0 Å². The summed E-state index contributed by atoms with van der Waals surface area (Å²) >= 11 is 0. The molecule has 0 saturated heterocycles. The molecule has 0 aliphatic heterocycles. The van der Waals surface area contributed by atoms with E-state index in [2.05, 4.69) is 199 Å². The van der Waals surface area contributed by atoms with Crippen molar-refractivity contribution in [3.8, 4) is 0 Å². The lowest BCUT2D eigenvalue weighted by Gasteiger charge is -2.27. The molecule has 1 heteroatoms. The van der Waals surface area contributed by atoms with Crippen LogP contribution in [0.15, 0.2) is 188 Å². The molecular formula is C47H37N. The van der Waals surface area contributed by atoms with Gasteiger partial charge in [-0.25, -0.2) is 0 Å². The van der Waals surface area contributed by atoms with Gasteiger partial charge in [0.2, 0.25) is 0 Å².